The van der Waals surface area contributed by atoms with E-state index >= 15 is 0 Å². The van der Waals surface area contributed by atoms with Crippen molar-refractivity contribution in [1.82, 2.24) is 14.8 Å². The molecule has 2 fully saturated rings. The summed E-state index contributed by atoms with van der Waals surface area (Å²) in [7, 11) is 0. The minimum absolute atomic E-state index is 0.0474. The van der Waals surface area contributed by atoms with Crippen molar-refractivity contribution in [3.8, 4) is 5.75 Å². The Kier molecular flexibility index (Phi) is 4.89. The van der Waals surface area contributed by atoms with Crippen LogP contribution >= 0.6 is 0 Å². The highest BCUT2D eigenvalue weighted by Gasteiger charge is 2.44. The molecule has 2 saturated heterocycles. The van der Waals surface area contributed by atoms with Gasteiger partial charge in [0.15, 0.2) is 11.6 Å². The fraction of sp³-hybridized carbons (Fsp3) is 0.350. The van der Waals surface area contributed by atoms with E-state index in [1.165, 1.54) is 18.3 Å². The van der Waals surface area contributed by atoms with Crippen LogP contribution in [-0.4, -0.2) is 56.9 Å². The quantitative estimate of drug-likeness (QED) is 0.796. The summed E-state index contributed by atoms with van der Waals surface area (Å²) in [5.41, 5.74) is -0.396. The van der Waals surface area contributed by atoms with Gasteiger partial charge in [0.2, 0.25) is 5.91 Å². The fourth-order valence-electron chi connectivity index (χ4n) is 4.12. The monoisotopic (exact) mass is 405 g/mol. The average Bonchev–Trinajstić information content (AvgIpc) is 2.98. The van der Waals surface area contributed by atoms with Gasteiger partial charge in [0.05, 0.1) is 12.6 Å². The third-order valence-electron chi connectivity index (χ3n) is 5.49. The van der Waals surface area contributed by atoms with Crippen molar-refractivity contribution in [2.45, 2.75) is 31.3 Å². The molecule has 9 heteroatoms. The number of hydrogen-bond acceptors (Lipinski definition) is 4. The minimum atomic E-state index is -1.35. The largest absolute Gasteiger partial charge is 0.506 e. The molecule has 6 nitrogen and oxygen atoms in total. The van der Waals surface area contributed by atoms with Crippen molar-refractivity contribution in [3.05, 3.63) is 59.2 Å². The number of aromatic hydroxyl groups is 1. The molecule has 2 unspecified atom stereocenters. The predicted molar refractivity (Wildman–Crippen MR) is 95.5 cm³/mol. The highest BCUT2D eigenvalue weighted by Crippen LogP contribution is 2.32. The smallest absolute Gasteiger partial charge is 0.272 e. The van der Waals surface area contributed by atoms with Crippen molar-refractivity contribution in [1.29, 1.82) is 0 Å². The zero-order valence-corrected chi connectivity index (χ0v) is 15.3. The maximum Gasteiger partial charge on any atom is 0.272 e. The normalized spacial score (nSPS) is 20.8. The molecular formula is C20H18F3N3O3. The van der Waals surface area contributed by atoms with Gasteiger partial charge in [0.1, 0.15) is 17.3 Å². The summed E-state index contributed by atoms with van der Waals surface area (Å²) >= 11 is 0. The molecule has 2 aliphatic heterocycles. The second kappa shape index (κ2) is 7.38. The van der Waals surface area contributed by atoms with Gasteiger partial charge in [-0.2, -0.15) is 0 Å². The van der Waals surface area contributed by atoms with E-state index in [0.29, 0.717) is 18.9 Å². The topological polar surface area (TPSA) is 73.7 Å². The predicted octanol–water partition coefficient (Wildman–Crippen LogP) is 2.26. The van der Waals surface area contributed by atoms with Gasteiger partial charge in [-0.15, -0.1) is 0 Å². The molecule has 1 aromatic heterocycles. The van der Waals surface area contributed by atoms with Crippen LogP contribution < -0.4 is 0 Å². The van der Waals surface area contributed by atoms with Crippen LogP contribution in [0.3, 0.4) is 0 Å². The molecule has 0 saturated carbocycles. The van der Waals surface area contributed by atoms with Crippen LogP contribution in [0.15, 0.2) is 30.5 Å². The molecule has 2 bridgehead atoms. The summed E-state index contributed by atoms with van der Waals surface area (Å²) in [5.74, 6) is -4.36. The highest BCUT2D eigenvalue weighted by atomic mass is 19.2. The number of carbonyl (C=O) groups excluding carboxylic acids is 2. The second-order valence-corrected chi connectivity index (χ2v) is 7.30. The lowest BCUT2D eigenvalue weighted by Crippen LogP contribution is -2.57. The highest BCUT2D eigenvalue weighted by molar-refractivity contribution is 5.92. The summed E-state index contributed by atoms with van der Waals surface area (Å²) in [6.45, 7) is 0.551. The molecule has 2 amide bonds. The maximum absolute atomic E-state index is 13.9. The SMILES string of the molecule is O=C(c1ccc(O)cn1)N1CC2CCC(C1)N2C(=O)Cc1c(F)ccc(F)c1F. The van der Waals surface area contributed by atoms with Crippen molar-refractivity contribution in [2.24, 2.45) is 0 Å². The van der Waals surface area contributed by atoms with Crippen LogP contribution in [0.5, 0.6) is 5.75 Å². The molecule has 4 rings (SSSR count). The summed E-state index contributed by atoms with van der Waals surface area (Å²) in [4.78, 5) is 32.5. The number of nitrogens with zero attached hydrogens (tertiary/aromatic N) is 3. The van der Waals surface area contributed by atoms with Crippen LogP contribution in [0.4, 0.5) is 13.2 Å². The molecule has 3 heterocycles. The maximum atomic E-state index is 13.9. The Balaban J connectivity index is 1.48. The summed E-state index contributed by atoms with van der Waals surface area (Å²) in [6.07, 6.45) is 1.94. The molecule has 2 aromatic rings. The van der Waals surface area contributed by atoms with Gasteiger partial charge in [-0.25, -0.2) is 18.2 Å². The number of pyridine rings is 1. The fourth-order valence-corrected chi connectivity index (χ4v) is 4.12. The number of halogens is 3. The van der Waals surface area contributed by atoms with Crippen molar-refractivity contribution >= 4 is 11.8 Å². The third-order valence-corrected chi connectivity index (χ3v) is 5.49. The molecule has 29 heavy (non-hydrogen) atoms. The van der Waals surface area contributed by atoms with Gasteiger partial charge in [-0.05, 0) is 37.1 Å². The number of benzene rings is 1. The molecular weight excluding hydrogens is 387 g/mol. The van der Waals surface area contributed by atoms with Crippen LogP contribution in [0, 0.1) is 17.5 Å². The van der Waals surface area contributed by atoms with E-state index in [1.54, 1.807) is 9.80 Å². The summed E-state index contributed by atoms with van der Waals surface area (Å²) in [6, 6.07) is 3.73. The van der Waals surface area contributed by atoms with Gasteiger partial charge in [-0.3, -0.25) is 9.59 Å². The summed E-state index contributed by atoms with van der Waals surface area (Å²) in [5, 5.41) is 9.31. The number of carbonyl (C=O) groups is 2. The Bertz CT molecular complexity index is 953. The Morgan fingerprint density at radius 1 is 1.03 bits per heavy atom. The van der Waals surface area contributed by atoms with E-state index in [1.807, 2.05) is 0 Å². The Morgan fingerprint density at radius 3 is 2.31 bits per heavy atom. The summed E-state index contributed by atoms with van der Waals surface area (Å²) < 4.78 is 41.2. The van der Waals surface area contributed by atoms with Crippen LogP contribution in [0.25, 0.3) is 0 Å². The second-order valence-electron chi connectivity index (χ2n) is 7.30. The average molecular weight is 405 g/mol. The molecule has 2 aliphatic rings. The number of rotatable bonds is 3. The number of amides is 2. The lowest BCUT2D eigenvalue weighted by molar-refractivity contribution is -0.135. The molecule has 1 aromatic carbocycles. The van der Waals surface area contributed by atoms with E-state index in [-0.39, 0.29) is 42.5 Å². The molecule has 0 aliphatic carbocycles. The van der Waals surface area contributed by atoms with Gasteiger partial charge >= 0.3 is 0 Å². The lowest BCUT2D eigenvalue weighted by Gasteiger charge is -2.41. The van der Waals surface area contributed by atoms with Crippen LogP contribution in [-0.2, 0) is 11.2 Å². The zero-order chi connectivity index (χ0) is 20.7. The van der Waals surface area contributed by atoms with Gasteiger partial charge in [0, 0.05) is 30.7 Å². The minimum Gasteiger partial charge on any atom is -0.506 e. The third kappa shape index (κ3) is 3.52. The van der Waals surface area contributed by atoms with E-state index in [9.17, 15) is 27.9 Å². The Hall–Kier alpha value is -3.10. The van der Waals surface area contributed by atoms with Crippen LogP contribution in [0.1, 0.15) is 28.9 Å². The first-order chi connectivity index (χ1) is 13.8. The van der Waals surface area contributed by atoms with E-state index in [4.69, 9.17) is 0 Å². The van der Waals surface area contributed by atoms with Crippen LogP contribution in [0.2, 0.25) is 0 Å². The zero-order valence-electron chi connectivity index (χ0n) is 15.3. The molecule has 2 atom stereocenters. The number of hydrogen-bond donors (Lipinski definition) is 1. The molecule has 0 spiro atoms. The first-order valence-corrected chi connectivity index (χ1v) is 9.23. The first kappa shape index (κ1) is 19.2. The number of piperazine rings is 1. The standard InChI is InChI=1S/C20H18F3N3O3/c21-15-4-5-16(22)19(23)14(15)7-18(28)26-11-1-2-12(26)10-25(9-11)20(29)17-6-3-13(27)8-24-17/h3-6,8,11-12,27H,1-2,7,9-10H2. The lowest BCUT2D eigenvalue weighted by atomic mass is 10.1. The molecule has 0 radical (unpaired) electrons. The van der Waals surface area contributed by atoms with E-state index < -0.39 is 35.3 Å². The first-order valence-electron chi connectivity index (χ1n) is 9.23. The van der Waals surface area contributed by atoms with Gasteiger partial charge in [-0.1, -0.05) is 0 Å². The van der Waals surface area contributed by atoms with Gasteiger partial charge in [0.25, 0.3) is 5.91 Å². The van der Waals surface area contributed by atoms with E-state index in [0.717, 1.165) is 6.07 Å². The Morgan fingerprint density at radius 2 is 1.69 bits per heavy atom. The van der Waals surface area contributed by atoms with E-state index in [2.05, 4.69) is 4.98 Å². The van der Waals surface area contributed by atoms with Crippen molar-refractivity contribution in [3.63, 3.8) is 0 Å². The molecule has 1 N–H and O–H groups in total. The number of fused-ring (bicyclic) bond motifs is 2. The van der Waals surface area contributed by atoms with Gasteiger partial charge < -0.3 is 14.9 Å². The Labute approximate surface area is 164 Å². The molecule has 152 valence electrons. The number of aromatic nitrogens is 1. The number of likely N-dealkylation sites (tertiary alicyclic amines) is 1. The van der Waals surface area contributed by atoms with Crippen molar-refractivity contribution in [2.75, 3.05) is 13.1 Å². The van der Waals surface area contributed by atoms with Crippen molar-refractivity contribution < 1.29 is 27.9 Å².